The third-order valence-corrected chi connectivity index (χ3v) is 6.66. The van der Waals surface area contributed by atoms with Crippen LogP contribution in [0.5, 0.6) is 0 Å². The lowest BCUT2D eigenvalue weighted by Crippen LogP contribution is -2.51. The van der Waals surface area contributed by atoms with Gasteiger partial charge in [-0.3, -0.25) is 9.69 Å². The van der Waals surface area contributed by atoms with Crippen molar-refractivity contribution in [1.29, 1.82) is 0 Å². The molecule has 190 valence electrons. The van der Waals surface area contributed by atoms with Gasteiger partial charge in [-0.05, 0) is 48.7 Å². The van der Waals surface area contributed by atoms with Crippen LogP contribution in [-0.2, 0) is 12.4 Å². The highest BCUT2D eigenvalue weighted by Gasteiger charge is 2.41. The SMILES string of the molecule is O=C(c1cc(C(F)(F)F)cc(C(F)(F)F)c1)N1CC[C@@H](N2CC[C@@H](O)C2)[C@@H](c2ccc(F)cc2)C1. The van der Waals surface area contributed by atoms with Gasteiger partial charge in [-0.2, -0.15) is 26.3 Å². The Bertz CT molecular complexity index is 1040. The molecule has 4 nitrogen and oxygen atoms in total. The van der Waals surface area contributed by atoms with E-state index in [0.717, 1.165) is 0 Å². The lowest BCUT2D eigenvalue weighted by molar-refractivity contribution is -0.143. The summed E-state index contributed by atoms with van der Waals surface area (Å²) in [6.45, 7) is 1.17. The minimum absolute atomic E-state index is 0.0109. The largest absolute Gasteiger partial charge is 0.416 e. The van der Waals surface area contributed by atoms with E-state index in [9.17, 15) is 40.6 Å². The fourth-order valence-corrected chi connectivity index (χ4v) is 4.93. The first kappa shape index (κ1) is 25.4. The van der Waals surface area contributed by atoms with E-state index >= 15 is 0 Å². The number of β-amino-alcohol motifs (C(OH)–C–C–N with tert-alkyl or cyclic N) is 1. The van der Waals surface area contributed by atoms with E-state index in [2.05, 4.69) is 4.90 Å². The molecule has 0 aliphatic carbocycles. The number of likely N-dealkylation sites (tertiary alicyclic amines) is 2. The van der Waals surface area contributed by atoms with E-state index in [1.165, 1.54) is 17.0 Å². The molecule has 0 aromatic heterocycles. The molecule has 11 heteroatoms. The van der Waals surface area contributed by atoms with Gasteiger partial charge in [0.2, 0.25) is 0 Å². The molecule has 3 atom stereocenters. The molecule has 0 saturated carbocycles. The number of nitrogens with zero attached hydrogens (tertiary/aromatic N) is 2. The lowest BCUT2D eigenvalue weighted by atomic mass is 9.84. The van der Waals surface area contributed by atoms with Gasteiger partial charge in [0.15, 0.2) is 0 Å². The van der Waals surface area contributed by atoms with Crippen molar-refractivity contribution in [2.45, 2.75) is 43.3 Å². The second-order valence-electron chi connectivity index (χ2n) is 9.00. The van der Waals surface area contributed by atoms with Crippen molar-refractivity contribution >= 4 is 5.91 Å². The van der Waals surface area contributed by atoms with E-state index in [0.29, 0.717) is 43.6 Å². The molecule has 4 rings (SSSR count). The summed E-state index contributed by atoms with van der Waals surface area (Å²) in [5, 5.41) is 9.96. The predicted octanol–water partition coefficient (Wildman–Crippen LogP) is 4.93. The standard InChI is InChI=1S/C24H23F7N2O2/c25-18-3-1-14(2-4-18)20-13-33(8-6-21(20)32-7-5-19(34)12-32)22(35)15-9-16(23(26,27)28)11-17(10-15)24(29,30)31/h1-4,9-11,19-21,34H,5-8,12-13H2/t19-,20-,21-/m1/s1. The van der Waals surface area contributed by atoms with Crippen molar-refractivity contribution in [2.24, 2.45) is 0 Å². The molecule has 2 aromatic carbocycles. The zero-order chi connectivity index (χ0) is 25.5. The Kier molecular flexibility index (Phi) is 6.85. The molecular formula is C24H23F7N2O2. The van der Waals surface area contributed by atoms with Gasteiger partial charge in [0.25, 0.3) is 5.91 Å². The first-order chi connectivity index (χ1) is 16.3. The van der Waals surface area contributed by atoms with Gasteiger partial charge < -0.3 is 10.0 Å². The minimum atomic E-state index is -5.06. The average Bonchev–Trinajstić information content (AvgIpc) is 3.23. The van der Waals surface area contributed by atoms with Crippen LogP contribution in [0.1, 0.15) is 45.8 Å². The molecule has 2 aliphatic heterocycles. The van der Waals surface area contributed by atoms with Gasteiger partial charge in [-0.25, -0.2) is 4.39 Å². The van der Waals surface area contributed by atoms with Crippen LogP contribution in [0.3, 0.4) is 0 Å². The van der Waals surface area contributed by atoms with E-state index in [1.807, 2.05) is 0 Å². The molecule has 2 fully saturated rings. The Hall–Kier alpha value is -2.66. The van der Waals surface area contributed by atoms with Gasteiger partial charge >= 0.3 is 12.4 Å². The quantitative estimate of drug-likeness (QED) is 0.604. The van der Waals surface area contributed by atoms with Gasteiger partial charge in [-0.1, -0.05) is 12.1 Å². The summed E-state index contributed by atoms with van der Waals surface area (Å²) in [5.74, 6) is -1.77. The second kappa shape index (κ2) is 9.42. The third kappa shape index (κ3) is 5.61. The number of aliphatic hydroxyl groups excluding tert-OH is 1. The van der Waals surface area contributed by atoms with Crippen LogP contribution in [0.2, 0.25) is 0 Å². The number of alkyl halides is 6. The highest BCUT2D eigenvalue weighted by Crippen LogP contribution is 2.38. The maximum absolute atomic E-state index is 13.5. The summed E-state index contributed by atoms with van der Waals surface area (Å²) in [4.78, 5) is 16.5. The highest BCUT2D eigenvalue weighted by atomic mass is 19.4. The number of piperidine rings is 1. The summed E-state index contributed by atoms with van der Waals surface area (Å²) in [5.41, 5.74) is -3.10. The van der Waals surface area contributed by atoms with Crippen molar-refractivity contribution in [2.75, 3.05) is 26.2 Å². The first-order valence-corrected chi connectivity index (χ1v) is 11.1. The molecule has 0 bridgehead atoms. The molecular weight excluding hydrogens is 481 g/mol. The predicted molar refractivity (Wildman–Crippen MR) is 112 cm³/mol. The van der Waals surface area contributed by atoms with Crippen LogP contribution < -0.4 is 0 Å². The normalized spacial score (nSPS) is 24.1. The average molecular weight is 504 g/mol. The number of carbonyl (C=O) groups excluding carboxylic acids is 1. The molecule has 1 amide bonds. The summed E-state index contributed by atoms with van der Waals surface area (Å²) >= 11 is 0. The fourth-order valence-electron chi connectivity index (χ4n) is 4.93. The smallest absolute Gasteiger partial charge is 0.392 e. The van der Waals surface area contributed by atoms with Gasteiger partial charge in [0, 0.05) is 43.7 Å². The van der Waals surface area contributed by atoms with Crippen molar-refractivity contribution in [1.82, 2.24) is 9.80 Å². The van der Waals surface area contributed by atoms with E-state index in [-0.39, 0.29) is 31.1 Å². The number of carbonyl (C=O) groups is 1. The topological polar surface area (TPSA) is 43.8 Å². The third-order valence-electron chi connectivity index (χ3n) is 6.66. The molecule has 2 aromatic rings. The summed E-state index contributed by atoms with van der Waals surface area (Å²) in [7, 11) is 0. The summed E-state index contributed by atoms with van der Waals surface area (Å²) in [6.07, 6.45) is -9.66. The maximum atomic E-state index is 13.5. The van der Waals surface area contributed by atoms with Gasteiger partial charge in [0.05, 0.1) is 17.2 Å². The minimum Gasteiger partial charge on any atom is -0.392 e. The molecule has 2 saturated heterocycles. The highest BCUT2D eigenvalue weighted by molar-refractivity contribution is 5.95. The Labute approximate surface area is 196 Å². The number of hydrogen-bond acceptors (Lipinski definition) is 3. The molecule has 0 radical (unpaired) electrons. The van der Waals surface area contributed by atoms with Crippen LogP contribution in [0.4, 0.5) is 30.7 Å². The zero-order valence-corrected chi connectivity index (χ0v) is 18.4. The Balaban J connectivity index is 1.65. The molecule has 2 heterocycles. The zero-order valence-electron chi connectivity index (χ0n) is 18.4. The number of rotatable bonds is 3. The van der Waals surface area contributed by atoms with E-state index in [1.54, 1.807) is 12.1 Å². The second-order valence-corrected chi connectivity index (χ2v) is 9.00. The summed E-state index contributed by atoms with van der Waals surface area (Å²) < 4.78 is 93.1. The molecule has 0 spiro atoms. The Morgan fingerprint density at radius 1 is 0.857 bits per heavy atom. The summed E-state index contributed by atoms with van der Waals surface area (Å²) in [6, 6.07) is 6.36. The molecule has 1 N–H and O–H groups in total. The number of hydrogen-bond donors (Lipinski definition) is 1. The van der Waals surface area contributed by atoms with Crippen LogP contribution in [-0.4, -0.2) is 59.1 Å². The van der Waals surface area contributed by atoms with Crippen molar-refractivity contribution < 1.29 is 40.6 Å². The molecule has 0 unspecified atom stereocenters. The maximum Gasteiger partial charge on any atom is 0.416 e. The Morgan fingerprint density at radius 3 is 1.97 bits per heavy atom. The van der Waals surface area contributed by atoms with Crippen LogP contribution >= 0.6 is 0 Å². The van der Waals surface area contributed by atoms with Crippen LogP contribution in [0, 0.1) is 5.82 Å². The first-order valence-electron chi connectivity index (χ1n) is 11.1. The van der Waals surface area contributed by atoms with E-state index < -0.39 is 46.9 Å². The van der Waals surface area contributed by atoms with Gasteiger partial charge in [-0.15, -0.1) is 0 Å². The Morgan fingerprint density at radius 2 is 1.46 bits per heavy atom. The lowest BCUT2D eigenvalue weighted by Gasteiger charge is -2.43. The number of aliphatic hydroxyl groups is 1. The molecule has 2 aliphatic rings. The fraction of sp³-hybridized carbons (Fsp3) is 0.458. The number of halogens is 7. The monoisotopic (exact) mass is 504 g/mol. The number of benzene rings is 2. The van der Waals surface area contributed by atoms with Crippen molar-refractivity contribution in [3.8, 4) is 0 Å². The molecule has 35 heavy (non-hydrogen) atoms. The van der Waals surface area contributed by atoms with Gasteiger partial charge in [0.1, 0.15) is 5.82 Å². The van der Waals surface area contributed by atoms with Crippen molar-refractivity contribution in [3.05, 3.63) is 70.5 Å². The van der Waals surface area contributed by atoms with Crippen molar-refractivity contribution in [3.63, 3.8) is 0 Å². The van der Waals surface area contributed by atoms with Crippen LogP contribution in [0.25, 0.3) is 0 Å². The number of amides is 1. The van der Waals surface area contributed by atoms with E-state index in [4.69, 9.17) is 0 Å². The van der Waals surface area contributed by atoms with Crippen LogP contribution in [0.15, 0.2) is 42.5 Å².